The molecule has 76 valence electrons. The van der Waals surface area contributed by atoms with E-state index in [1.165, 1.54) is 0 Å². The van der Waals surface area contributed by atoms with Crippen LogP contribution in [0.15, 0.2) is 10.2 Å². The van der Waals surface area contributed by atoms with Crippen LogP contribution in [0, 0.1) is 0 Å². The van der Waals surface area contributed by atoms with Crippen molar-refractivity contribution in [2.24, 2.45) is 10.2 Å². The van der Waals surface area contributed by atoms with E-state index < -0.39 is 0 Å². The van der Waals surface area contributed by atoms with Crippen LogP contribution >= 0.6 is 0 Å². The number of hydrogen-bond acceptors (Lipinski definition) is 4. The van der Waals surface area contributed by atoms with Gasteiger partial charge in [-0.2, -0.15) is 15.3 Å². The molecule has 0 atom stereocenters. The van der Waals surface area contributed by atoms with Gasteiger partial charge in [0, 0.05) is 31.5 Å². The highest BCUT2D eigenvalue weighted by Gasteiger charge is 1.93. The van der Waals surface area contributed by atoms with Gasteiger partial charge in [-0.1, -0.05) is 6.92 Å². The first-order chi connectivity index (χ1) is 6.10. The van der Waals surface area contributed by atoms with E-state index in [9.17, 15) is 0 Å². The normalized spacial score (nSPS) is 13.3. The second-order valence-corrected chi connectivity index (χ2v) is 2.99. The van der Waals surface area contributed by atoms with Crippen LogP contribution in [-0.2, 0) is 0 Å². The standard InChI is InChI=1S/C9H19N3O/c1-5-8(2)10-12(4)11-9(3)6-7-13/h13H,5-7H2,1-4H3/b10-8+,11-9+. The van der Waals surface area contributed by atoms with Crippen molar-refractivity contribution in [3.63, 3.8) is 0 Å². The van der Waals surface area contributed by atoms with Crippen molar-refractivity contribution in [2.45, 2.75) is 33.6 Å². The fourth-order valence-corrected chi connectivity index (χ4v) is 0.799. The minimum Gasteiger partial charge on any atom is -0.396 e. The van der Waals surface area contributed by atoms with Crippen molar-refractivity contribution in [3.05, 3.63) is 0 Å². The minimum atomic E-state index is 0.139. The Bertz CT molecular complexity index is 199. The van der Waals surface area contributed by atoms with Gasteiger partial charge in [0.05, 0.1) is 0 Å². The lowest BCUT2D eigenvalue weighted by molar-refractivity contribution is 0.304. The number of hydrazone groups is 2. The van der Waals surface area contributed by atoms with Crippen LogP contribution in [0.4, 0.5) is 0 Å². The summed E-state index contributed by atoms with van der Waals surface area (Å²) in [6, 6.07) is 0. The molecule has 0 aliphatic heterocycles. The van der Waals surface area contributed by atoms with Crippen LogP contribution in [0.5, 0.6) is 0 Å². The predicted molar refractivity (Wildman–Crippen MR) is 56.0 cm³/mol. The predicted octanol–water partition coefficient (Wildman–Crippen LogP) is 1.46. The molecule has 0 aliphatic carbocycles. The van der Waals surface area contributed by atoms with Gasteiger partial charge in [-0.15, -0.1) is 0 Å². The van der Waals surface area contributed by atoms with Crippen molar-refractivity contribution < 1.29 is 5.11 Å². The van der Waals surface area contributed by atoms with E-state index in [0.29, 0.717) is 6.42 Å². The lowest BCUT2D eigenvalue weighted by atomic mass is 10.3. The highest BCUT2D eigenvalue weighted by molar-refractivity contribution is 5.82. The van der Waals surface area contributed by atoms with Crippen molar-refractivity contribution in [1.29, 1.82) is 0 Å². The summed E-state index contributed by atoms with van der Waals surface area (Å²) in [6.07, 6.45) is 1.53. The maximum Gasteiger partial charge on any atom is 0.0495 e. The Morgan fingerprint density at radius 1 is 1.23 bits per heavy atom. The van der Waals surface area contributed by atoms with Gasteiger partial charge in [-0.25, -0.2) is 0 Å². The average molecular weight is 185 g/mol. The number of aliphatic hydroxyl groups excluding tert-OH is 1. The molecule has 4 heteroatoms. The van der Waals surface area contributed by atoms with Crippen molar-refractivity contribution in [3.8, 4) is 0 Å². The van der Waals surface area contributed by atoms with Gasteiger partial charge in [0.2, 0.25) is 0 Å². The molecule has 0 unspecified atom stereocenters. The molecule has 13 heavy (non-hydrogen) atoms. The average Bonchev–Trinajstić information content (AvgIpc) is 2.04. The molecule has 0 aromatic heterocycles. The maximum absolute atomic E-state index is 8.64. The molecule has 0 saturated carbocycles. The van der Waals surface area contributed by atoms with E-state index in [1.807, 2.05) is 13.8 Å². The second-order valence-electron chi connectivity index (χ2n) is 2.99. The number of nitrogens with zero attached hydrogens (tertiary/aromatic N) is 3. The third kappa shape index (κ3) is 6.28. The lowest BCUT2D eigenvalue weighted by Crippen LogP contribution is -2.09. The quantitative estimate of drug-likeness (QED) is 0.520. The van der Waals surface area contributed by atoms with E-state index in [0.717, 1.165) is 17.8 Å². The van der Waals surface area contributed by atoms with Crippen LogP contribution in [0.3, 0.4) is 0 Å². The zero-order valence-corrected chi connectivity index (χ0v) is 8.91. The van der Waals surface area contributed by atoms with Crippen LogP contribution in [0.25, 0.3) is 0 Å². The fourth-order valence-electron chi connectivity index (χ4n) is 0.799. The van der Waals surface area contributed by atoms with Gasteiger partial charge in [0.25, 0.3) is 0 Å². The second kappa shape index (κ2) is 6.60. The van der Waals surface area contributed by atoms with Gasteiger partial charge in [0.1, 0.15) is 0 Å². The highest BCUT2D eigenvalue weighted by Crippen LogP contribution is 1.93. The summed E-state index contributed by atoms with van der Waals surface area (Å²) < 4.78 is 0. The summed E-state index contributed by atoms with van der Waals surface area (Å²) in [7, 11) is 1.79. The van der Waals surface area contributed by atoms with Crippen molar-refractivity contribution in [1.82, 2.24) is 5.12 Å². The molecule has 0 aliphatic rings. The van der Waals surface area contributed by atoms with Crippen LogP contribution in [-0.4, -0.2) is 35.3 Å². The zero-order chi connectivity index (χ0) is 10.3. The third-order valence-corrected chi connectivity index (χ3v) is 1.62. The molecule has 0 fully saturated rings. The molecular formula is C9H19N3O. The molecular weight excluding hydrogens is 166 g/mol. The smallest absolute Gasteiger partial charge is 0.0495 e. The Hall–Kier alpha value is -0.900. The van der Waals surface area contributed by atoms with Crippen LogP contribution < -0.4 is 0 Å². The molecule has 0 radical (unpaired) electrons. The third-order valence-electron chi connectivity index (χ3n) is 1.62. The largest absolute Gasteiger partial charge is 0.396 e. The van der Waals surface area contributed by atoms with E-state index in [2.05, 4.69) is 17.1 Å². The maximum atomic E-state index is 8.64. The number of hydrogen-bond donors (Lipinski definition) is 1. The highest BCUT2D eigenvalue weighted by atomic mass is 16.3. The lowest BCUT2D eigenvalue weighted by Gasteiger charge is -2.08. The fraction of sp³-hybridized carbons (Fsp3) is 0.778. The molecule has 0 aromatic rings. The Balaban J connectivity index is 4.12. The molecule has 0 aromatic carbocycles. The topological polar surface area (TPSA) is 48.2 Å². The zero-order valence-electron chi connectivity index (χ0n) is 8.91. The van der Waals surface area contributed by atoms with Crippen molar-refractivity contribution >= 4 is 11.4 Å². The van der Waals surface area contributed by atoms with Gasteiger partial charge in [0.15, 0.2) is 0 Å². The molecule has 1 N–H and O–H groups in total. The SMILES string of the molecule is CC/C(C)=N/N(C)/N=C(\C)CCO. The van der Waals surface area contributed by atoms with Gasteiger partial charge in [-0.05, 0) is 20.3 Å². The van der Waals surface area contributed by atoms with Crippen molar-refractivity contribution in [2.75, 3.05) is 13.7 Å². The van der Waals surface area contributed by atoms with E-state index in [1.54, 1.807) is 12.2 Å². The van der Waals surface area contributed by atoms with E-state index in [4.69, 9.17) is 5.11 Å². The Morgan fingerprint density at radius 3 is 2.23 bits per heavy atom. The summed E-state index contributed by atoms with van der Waals surface area (Å²) >= 11 is 0. The number of aliphatic hydroxyl groups is 1. The molecule has 0 bridgehead atoms. The van der Waals surface area contributed by atoms with Gasteiger partial charge < -0.3 is 5.11 Å². The minimum absolute atomic E-state index is 0.139. The van der Waals surface area contributed by atoms with Crippen LogP contribution in [0.1, 0.15) is 33.6 Å². The monoisotopic (exact) mass is 185 g/mol. The molecule has 4 nitrogen and oxygen atoms in total. The summed E-state index contributed by atoms with van der Waals surface area (Å²) in [5, 5.41) is 18.5. The Morgan fingerprint density at radius 2 is 1.77 bits per heavy atom. The first-order valence-electron chi connectivity index (χ1n) is 4.52. The summed E-state index contributed by atoms with van der Waals surface area (Å²) in [4.78, 5) is 0. The van der Waals surface area contributed by atoms with Gasteiger partial charge in [-0.3, -0.25) is 0 Å². The number of rotatable bonds is 5. The molecule has 0 rings (SSSR count). The van der Waals surface area contributed by atoms with E-state index >= 15 is 0 Å². The van der Waals surface area contributed by atoms with Crippen LogP contribution in [0.2, 0.25) is 0 Å². The molecule has 0 spiro atoms. The summed E-state index contributed by atoms with van der Waals surface area (Å²) in [5.41, 5.74) is 1.93. The Labute approximate surface area is 79.9 Å². The molecule has 0 saturated heterocycles. The summed E-state index contributed by atoms with van der Waals surface area (Å²) in [5.74, 6) is 0. The Kier molecular flexibility index (Phi) is 6.14. The molecule has 0 amide bonds. The first-order valence-corrected chi connectivity index (χ1v) is 4.52. The first kappa shape index (κ1) is 12.1. The molecule has 0 heterocycles. The van der Waals surface area contributed by atoms with E-state index in [-0.39, 0.29) is 6.61 Å². The summed E-state index contributed by atoms with van der Waals surface area (Å²) in [6.45, 7) is 6.04. The van der Waals surface area contributed by atoms with Gasteiger partial charge >= 0.3 is 0 Å².